The molecule has 0 aliphatic heterocycles. The van der Waals surface area contributed by atoms with Crippen LogP contribution in [0.25, 0.3) is 0 Å². The predicted molar refractivity (Wildman–Crippen MR) is 65.4 cm³/mol. The largest absolute Gasteiger partial charge is 0.382 e. The number of halogens is 1. The quantitative estimate of drug-likeness (QED) is 0.757. The highest BCUT2D eigenvalue weighted by atomic mass is 19.1. The van der Waals surface area contributed by atoms with Gasteiger partial charge in [-0.2, -0.15) is 5.10 Å². The number of carbonyl (C=O) groups excluding carboxylic acids is 1. The van der Waals surface area contributed by atoms with Gasteiger partial charge in [-0.05, 0) is 24.1 Å². The van der Waals surface area contributed by atoms with Gasteiger partial charge in [-0.1, -0.05) is 12.1 Å². The number of benzene rings is 1. The lowest BCUT2D eigenvalue weighted by molar-refractivity contribution is 0.0949. The van der Waals surface area contributed by atoms with Gasteiger partial charge in [0, 0.05) is 12.6 Å². The maximum Gasteiger partial charge on any atom is 0.269 e. The summed E-state index contributed by atoms with van der Waals surface area (Å²) in [5.41, 5.74) is 6.68. The number of carbonyl (C=O) groups is 1. The van der Waals surface area contributed by atoms with E-state index in [0.717, 1.165) is 5.56 Å². The van der Waals surface area contributed by atoms with Crippen LogP contribution < -0.4 is 11.1 Å². The van der Waals surface area contributed by atoms with Gasteiger partial charge in [0.25, 0.3) is 5.91 Å². The smallest absolute Gasteiger partial charge is 0.269 e. The Kier molecular flexibility index (Phi) is 3.57. The van der Waals surface area contributed by atoms with E-state index in [1.54, 1.807) is 12.1 Å². The van der Waals surface area contributed by atoms with Crippen LogP contribution in [0.2, 0.25) is 0 Å². The normalized spacial score (nSPS) is 10.3. The number of amides is 1. The number of nitrogens with zero attached hydrogens (tertiary/aromatic N) is 1. The van der Waals surface area contributed by atoms with Crippen molar-refractivity contribution in [3.05, 3.63) is 47.4 Å². The summed E-state index contributed by atoms with van der Waals surface area (Å²) in [6, 6.07) is 7.64. The summed E-state index contributed by atoms with van der Waals surface area (Å²) < 4.78 is 12.7. The van der Waals surface area contributed by atoms with Crippen molar-refractivity contribution >= 4 is 11.7 Å². The second kappa shape index (κ2) is 5.31. The van der Waals surface area contributed by atoms with E-state index >= 15 is 0 Å². The zero-order valence-electron chi connectivity index (χ0n) is 9.61. The highest BCUT2D eigenvalue weighted by molar-refractivity contribution is 5.92. The number of nitrogen functional groups attached to an aromatic ring is 1. The molecule has 0 bridgehead atoms. The minimum atomic E-state index is -0.268. The second-order valence-electron chi connectivity index (χ2n) is 3.84. The summed E-state index contributed by atoms with van der Waals surface area (Å²) >= 11 is 0. The average Bonchev–Trinajstić information content (AvgIpc) is 2.78. The standard InChI is InChI=1S/C12H13FN4O/c13-9-3-1-8(2-4-9)5-6-15-12(18)10-7-11(14)17-16-10/h1-4,7H,5-6H2,(H,15,18)(H3,14,16,17). The summed E-state index contributed by atoms with van der Waals surface area (Å²) in [5, 5.41) is 8.90. The van der Waals surface area contributed by atoms with Crippen molar-refractivity contribution in [1.82, 2.24) is 15.5 Å². The molecule has 0 aliphatic carbocycles. The van der Waals surface area contributed by atoms with Gasteiger partial charge >= 0.3 is 0 Å². The molecule has 94 valence electrons. The minimum absolute atomic E-state index is 0.263. The van der Waals surface area contributed by atoms with Gasteiger partial charge in [-0.3, -0.25) is 9.89 Å². The first-order valence-corrected chi connectivity index (χ1v) is 5.48. The van der Waals surface area contributed by atoms with Crippen molar-refractivity contribution in [2.24, 2.45) is 0 Å². The van der Waals surface area contributed by atoms with E-state index in [9.17, 15) is 9.18 Å². The number of H-pyrrole nitrogens is 1. The molecule has 0 atom stereocenters. The number of nitrogens with two attached hydrogens (primary N) is 1. The molecule has 0 unspecified atom stereocenters. The van der Waals surface area contributed by atoms with Crippen molar-refractivity contribution in [2.75, 3.05) is 12.3 Å². The van der Waals surface area contributed by atoms with Gasteiger partial charge in [0.1, 0.15) is 17.3 Å². The lowest BCUT2D eigenvalue weighted by atomic mass is 10.1. The number of rotatable bonds is 4. The molecule has 2 rings (SSSR count). The molecule has 0 saturated heterocycles. The van der Waals surface area contributed by atoms with Gasteiger partial charge < -0.3 is 11.1 Å². The fourth-order valence-electron chi connectivity index (χ4n) is 1.52. The van der Waals surface area contributed by atoms with Crippen LogP contribution in [0.4, 0.5) is 10.2 Å². The number of nitrogens with one attached hydrogen (secondary N) is 2. The molecule has 1 heterocycles. The lowest BCUT2D eigenvalue weighted by Crippen LogP contribution is -2.26. The molecule has 0 spiro atoms. The van der Waals surface area contributed by atoms with Gasteiger partial charge in [-0.15, -0.1) is 0 Å². The van der Waals surface area contributed by atoms with E-state index in [1.807, 2.05) is 0 Å². The first kappa shape index (κ1) is 12.1. The van der Waals surface area contributed by atoms with Crippen molar-refractivity contribution in [3.8, 4) is 0 Å². The Morgan fingerprint density at radius 2 is 2.11 bits per heavy atom. The van der Waals surface area contributed by atoms with Crippen molar-refractivity contribution < 1.29 is 9.18 Å². The third kappa shape index (κ3) is 3.07. The van der Waals surface area contributed by atoms with E-state index in [-0.39, 0.29) is 17.5 Å². The molecule has 0 aliphatic rings. The third-order valence-electron chi connectivity index (χ3n) is 2.45. The van der Waals surface area contributed by atoms with Crippen LogP contribution in [-0.4, -0.2) is 22.6 Å². The fraction of sp³-hybridized carbons (Fsp3) is 0.167. The Bertz CT molecular complexity index is 535. The minimum Gasteiger partial charge on any atom is -0.382 e. The van der Waals surface area contributed by atoms with Crippen LogP contribution in [0.1, 0.15) is 16.1 Å². The van der Waals surface area contributed by atoms with E-state index < -0.39 is 0 Å². The van der Waals surface area contributed by atoms with E-state index in [4.69, 9.17) is 5.73 Å². The molecular weight excluding hydrogens is 235 g/mol. The molecule has 1 aromatic heterocycles. The summed E-state index contributed by atoms with van der Waals surface area (Å²) in [6.45, 7) is 0.462. The summed E-state index contributed by atoms with van der Waals surface area (Å²) in [4.78, 5) is 11.6. The van der Waals surface area contributed by atoms with Crippen LogP contribution >= 0.6 is 0 Å². The SMILES string of the molecule is Nc1cc(C(=O)NCCc2ccc(F)cc2)[nH]n1. The van der Waals surface area contributed by atoms with Crippen LogP contribution in [-0.2, 0) is 6.42 Å². The zero-order valence-corrected chi connectivity index (χ0v) is 9.61. The van der Waals surface area contributed by atoms with Gasteiger partial charge in [-0.25, -0.2) is 4.39 Å². The molecule has 0 saturated carbocycles. The topological polar surface area (TPSA) is 83.8 Å². The molecule has 2 aromatic rings. The van der Waals surface area contributed by atoms with Crippen molar-refractivity contribution in [1.29, 1.82) is 0 Å². The van der Waals surface area contributed by atoms with Gasteiger partial charge in [0.2, 0.25) is 0 Å². The molecular formula is C12H13FN4O. The number of hydrogen-bond acceptors (Lipinski definition) is 3. The monoisotopic (exact) mass is 248 g/mol. The Morgan fingerprint density at radius 3 is 2.72 bits per heavy atom. The first-order valence-electron chi connectivity index (χ1n) is 5.48. The van der Waals surface area contributed by atoms with E-state index in [0.29, 0.717) is 18.7 Å². The lowest BCUT2D eigenvalue weighted by Gasteiger charge is -2.03. The summed E-state index contributed by atoms with van der Waals surface area (Å²) in [6.07, 6.45) is 0.635. The third-order valence-corrected chi connectivity index (χ3v) is 2.45. The number of aromatic nitrogens is 2. The number of aromatic amines is 1. The van der Waals surface area contributed by atoms with Gasteiger partial charge in [0.15, 0.2) is 0 Å². The maximum absolute atomic E-state index is 12.7. The Balaban J connectivity index is 1.82. The molecule has 1 aromatic carbocycles. The average molecular weight is 248 g/mol. The number of hydrogen-bond donors (Lipinski definition) is 3. The molecule has 1 amide bonds. The van der Waals surface area contributed by atoms with Crippen molar-refractivity contribution in [3.63, 3.8) is 0 Å². The van der Waals surface area contributed by atoms with Crippen LogP contribution in [0.3, 0.4) is 0 Å². The highest BCUT2D eigenvalue weighted by Gasteiger charge is 2.07. The summed E-state index contributed by atoms with van der Waals surface area (Å²) in [5.74, 6) is -0.254. The highest BCUT2D eigenvalue weighted by Crippen LogP contribution is 2.03. The van der Waals surface area contributed by atoms with E-state index in [1.165, 1.54) is 18.2 Å². The zero-order chi connectivity index (χ0) is 13.0. The Hall–Kier alpha value is -2.37. The Labute approximate surface area is 103 Å². The molecule has 18 heavy (non-hydrogen) atoms. The molecule has 0 fully saturated rings. The Morgan fingerprint density at radius 1 is 1.39 bits per heavy atom. The second-order valence-corrected chi connectivity index (χ2v) is 3.84. The van der Waals surface area contributed by atoms with Crippen LogP contribution in [0.5, 0.6) is 0 Å². The molecule has 6 heteroatoms. The maximum atomic E-state index is 12.7. The van der Waals surface area contributed by atoms with Gasteiger partial charge in [0.05, 0.1) is 0 Å². The summed E-state index contributed by atoms with van der Waals surface area (Å²) in [7, 11) is 0. The number of anilines is 1. The van der Waals surface area contributed by atoms with Crippen LogP contribution in [0, 0.1) is 5.82 Å². The van der Waals surface area contributed by atoms with Crippen LogP contribution in [0.15, 0.2) is 30.3 Å². The predicted octanol–water partition coefficient (Wildman–Crippen LogP) is 1.10. The molecule has 0 radical (unpaired) electrons. The molecule has 5 nitrogen and oxygen atoms in total. The fourth-order valence-corrected chi connectivity index (χ4v) is 1.52. The first-order chi connectivity index (χ1) is 8.65. The molecule has 4 N–H and O–H groups in total. The van der Waals surface area contributed by atoms with Crippen molar-refractivity contribution in [2.45, 2.75) is 6.42 Å². The van der Waals surface area contributed by atoms with E-state index in [2.05, 4.69) is 15.5 Å².